The van der Waals surface area contributed by atoms with Gasteiger partial charge in [-0.25, -0.2) is 4.39 Å². The first-order valence-electron chi connectivity index (χ1n) is 6.38. The molecule has 4 heteroatoms. The second-order valence-electron chi connectivity index (χ2n) is 4.51. The van der Waals surface area contributed by atoms with E-state index in [0.29, 0.717) is 10.5 Å². The lowest BCUT2D eigenvalue weighted by molar-refractivity contribution is 0.518. The molecule has 0 fully saturated rings. The monoisotopic (exact) mass is 341 g/mol. The van der Waals surface area contributed by atoms with Gasteiger partial charge in [-0.3, -0.25) is 0 Å². The van der Waals surface area contributed by atoms with Gasteiger partial charge < -0.3 is 5.32 Å². The molecular formula is C15H17BrFNS. The second-order valence-corrected chi connectivity index (χ2v) is 6.08. The predicted octanol–water partition coefficient (Wildman–Crippen LogP) is 4.41. The summed E-state index contributed by atoms with van der Waals surface area (Å²) >= 11 is 5.05. The van der Waals surface area contributed by atoms with Crippen LogP contribution < -0.4 is 5.32 Å². The van der Waals surface area contributed by atoms with E-state index in [1.54, 1.807) is 17.4 Å². The molecule has 0 amide bonds. The van der Waals surface area contributed by atoms with Crippen molar-refractivity contribution in [2.45, 2.75) is 25.8 Å². The van der Waals surface area contributed by atoms with E-state index in [9.17, 15) is 4.39 Å². The lowest BCUT2D eigenvalue weighted by Crippen LogP contribution is -2.33. The van der Waals surface area contributed by atoms with Crippen molar-refractivity contribution in [3.05, 3.63) is 56.4 Å². The van der Waals surface area contributed by atoms with E-state index < -0.39 is 0 Å². The number of likely N-dealkylation sites (N-methyl/N-ethyl adjacent to an activating group) is 1. The third-order valence-electron chi connectivity index (χ3n) is 3.05. The number of hydrogen-bond acceptors (Lipinski definition) is 2. The molecule has 0 radical (unpaired) electrons. The molecule has 1 heterocycles. The zero-order valence-electron chi connectivity index (χ0n) is 10.8. The summed E-state index contributed by atoms with van der Waals surface area (Å²) in [4.78, 5) is 0. The summed E-state index contributed by atoms with van der Waals surface area (Å²) in [6.07, 6.45) is 1.79. The summed E-state index contributed by atoms with van der Waals surface area (Å²) in [6.45, 7) is 3.02. The Morgan fingerprint density at radius 1 is 1.32 bits per heavy atom. The molecule has 19 heavy (non-hydrogen) atoms. The van der Waals surface area contributed by atoms with E-state index in [1.807, 2.05) is 6.07 Å². The molecule has 1 aromatic carbocycles. The standard InChI is InChI=1S/C15H17BrFNS/c1-2-18-13(8-11-6-7-19-10-11)9-12-4-3-5-14(17)15(12)16/h3-7,10,13,18H,2,8-9H2,1H3. The molecule has 2 aromatic rings. The third-order valence-corrected chi connectivity index (χ3v) is 4.67. The molecule has 0 saturated heterocycles. The number of benzene rings is 1. The van der Waals surface area contributed by atoms with Gasteiger partial charge in [0.15, 0.2) is 0 Å². The molecule has 0 aliphatic rings. The highest BCUT2D eigenvalue weighted by molar-refractivity contribution is 9.10. The maximum atomic E-state index is 13.5. The average molecular weight is 342 g/mol. The second kappa shape index (κ2) is 7.17. The maximum Gasteiger partial charge on any atom is 0.137 e. The summed E-state index contributed by atoms with van der Waals surface area (Å²) < 4.78 is 14.1. The topological polar surface area (TPSA) is 12.0 Å². The zero-order valence-corrected chi connectivity index (χ0v) is 13.2. The van der Waals surface area contributed by atoms with E-state index in [-0.39, 0.29) is 5.82 Å². The Morgan fingerprint density at radius 2 is 2.16 bits per heavy atom. The Balaban J connectivity index is 2.09. The van der Waals surface area contributed by atoms with Crippen molar-refractivity contribution in [1.82, 2.24) is 5.32 Å². The van der Waals surface area contributed by atoms with Crippen LogP contribution in [-0.4, -0.2) is 12.6 Å². The minimum absolute atomic E-state index is 0.191. The van der Waals surface area contributed by atoms with Crippen LogP contribution in [0.25, 0.3) is 0 Å². The molecule has 0 bridgehead atoms. The van der Waals surface area contributed by atoms with Crippen LogP contribution >= 0.6 is 27.3 Å². The van der Waals surface area contributed by atoms with E-state index in [4.69, 9.17) is 0 Å². The smallest absolute Gasteiger partial charge is 0.137 e. The molecule has 1 atom stereocenters. The van der Waals surface area contributed by atoms with Crippen LogP contribution in [0.4, 0.5) is 4.39 Å². The Bertz CT molecular complexity index is 513. The minimum Gasteiger partial charge on any atom is -0.314 e. The van der Waals surface area contributed by atoms with Crippen molar-refractivity contribution >= 4 is 27.3 Å². The SMILES string of the molecule is CCNC(Cc1ccsc1)Cc1cccc(F)c1Br. The Morgan fingerprint density at radius 3 is 2.84 bits per heavy atom. The third kappa shape index (κ3) is 4.13. The van der Waals surface area contributed by atoms with E-state index in [0.717, 1.165) is 24.9 Å². The first-order valence-corrected chi connectivity index (χ1v) is 8.11. The summed E-state index contributed by atoms with van der Waals surface area (Å²) in [7, 11) is 0. The molecule has 1 unspecified atom stereocenters. The quantitative estimate of drug-likeness (QED) is 0.820. The van der Waals surface area contributed by atoms with Gasteiger partial charge in [-0.05, 0) is 69.3 Å². The molecule has 0 aliphatic carbocycles. The van der Waals surface area contributed by atoms with Gasteiger partial charge in [-0.1, -0.05) is 19.1 Å². The Kier molecular flexibility index (Phi) is 5.55. The fourth-order valence-electron chi connectivity index (χ4n) is 2.17. The van der Waals surface area contributed by atoms with Crippen molar-refractivity contribution < 1.29 is 4.39 Å². The van der Waals surface area contributed by atoms with Crippen LogP contribution in [0, 0.1) is 5.82 Å². The average Bonchev–Trinajstić information content (AvgIpc) is 2.88. The molecule has 0 saturated carbocycles. The molecular weight excluding hydrogens is 325 g/mol. The van der Waals surface area contributed by atoms with Crippen molar-refractivity contribution in [3.63, 3.8) is 0 Å². The van der Waals surface area contributed by atoms with Gasteiger partial charge in [-0.2, -0.15) is 11.3 Å². The number of rotatable bonds is 6. The summed E-state index contributed by atoms with van der Waals surface area (Å²) in [5, 5.41) is 7.74. The van der Waals surface area contributed by atoms with Gasteiger partial charge in [0.25, 0.3) is 0 Å². The lowest BCUT2D eigenvalue weighted by Gasteiger charge is -2.18. The number of halogens is 2. The van der Waals surface area contributed by atoms with Gasteiger partial charge in [-0.15, -0.1) is 0 Å². The maximum absolute atomic E-state index is 13.5. The first kappa shape index (κ1) is 14.7. The van der Waals surface area contributed by atoms with Gasteiger partial charge in [0.2, 0.25) is 0 Å². The van der Waals surface area contributed by atoms with Crippen LogP contribution in [0.3, 0.4) is 0 Å². The molecule has 1 N–H and O–H groups in total. The highest BCUT2D eigenvalue weighted by Gasteiger charge is 2.13. The van der Waals surface area contributed by atoms with Crippen molar-refractivity contribution in [2.24, 2.45) is 0 Å². The number of thiophene rings is 1. The summed E-state index contributed by atoms with van der Waals surface area (Å²) in [5.74, 6) is -0.191. The van der Waals surface area contributed by atoms with E-state index >= 15 is 0 Å². The van der Waals surface area contributed by atoms with Crippen molar-refractivity contribution in [3.8, 4) is 0 Å². The van der Waals surface area contributed by atoms with Gasteiger partial charge in [0, 0.05) is 6.04 Å². The normalized spacial score (nSPS) is 12.6. The van der Waals surface area contributed by atoms with Gasteiger partial charge >= 0.3 is 0 Å². The zero-order chi connectivity index (χ0) is 13.7. The molecule has 2 rings (SSSR count). The van der Waals surface area contributed by atoms with Crippen LogP contribution in [0.2, 0.25) is 0 Å². The van der Waals surface area contributed by atoms with Crippen LogP contribution in [-0.2, 0) is 12.8 Å². The number of hydrogen-bond donors (Lipinski definition) is 1. The molecule has 0 aliphatic heterocycles. The highest BCUT2D eigenvalue weighted by atomic mass is 79.9. The molecule has 0 spiro atoms. The van der Waals surface area contributed by atoms with Gasteiger partial charge in [0.1, 0.15) is 5.82 Å². The fourth-order valence-corrected chi connectivity index (χ4v) is 3.28. The summed E-state index contributed by atoms with van der Waals surface area (Å²) in [5.41, 5.74) is 2.35. The molecule has 102 valence electrons. The van der Waals surface area contributed by atoms with Crippen LogP contribution in [0.15, 0.2) is 39.5 Å². The predicted molar refractivity (Wildman–Crippen MR) is 83.3 cm³/mol. The van der Waals surface area contributed by atoms with Crippen LogP contribution in [0.1, 0.15) is 18.1 Å². The Labute approximate surface area is 126 Å². The van der Waals surface area contributed by atoms with E-state index in [2.05, 4.69) is 45.0 Å². The Hall–Kier alpha value is -0.710. The van der Waals surface area contributed by atoms with Crippen molar-refractivity contribution in [2.75, 3.05) is 6.54 Å². The minimum atomic E-state index is -0.191. The molecule has 1 aromatic heterocycles. The largest absolute Gasteiger partial charge is 0.314 e. The van der Waals surface area contributed by atoms with Crippen molar-refractivity contribution in [1.29, 1.82) is 0 Å². The number of nitrogens with one attached hydrogen (secondary N) is 1. The summed E-state index contributed by atoms with van der Waals surface area (Å²) in [6, 6.07) is 7.70. The fraction of sp³-hybridized carbons (Fsp3) is 0.333. The van der Waals surface area contributed by atoms with Crippen LogP contribution in [0.5, 0.6) is 0 Å². The first-order chi connectivity index (χ1) is 9.20. The molecule has 1 nitrogen and oxygen atoms in total. The van der Waals surface area contributed by atoms with E-state index in [1.165, 1.54) is 11.6 Å². The lowest BCUT2D eigenvalue weighted by atomic mass is 10.0. The highest BCUT2D eigenvalue weighted by Crippen LogP contribution is 2.22. The van der Waals surface area contributed by atoms with Gasteiger partial charge in [0.05, 0.1) is 4.47 Å².